The Kier molecular flexibility index (Phi) is 4.84. The lowest BCUT2D eigenvalue weighted by molar-refractivity contribution is 0.556. The molecule has 1 aromatic carbocycles. The maximum Gasteiger partial charge on any atom is 0.242 e. The summed E-state index contributed by atoms with van der Waals surface area (Å²) in [6, 6.07) is 2.82. The standard InChI is InChI=1S/C11H15Cl2NO2S/c1-4-7(2)14-17(15,16)10-6-5-9(12)8(3)11(10)13/h5-7,14H,4H2,1-3H3/t7-/m0/s1. The molecule has 6 heteroatoms. The van der Waals surface area contributed by atoms with E-state index in [1.807, 2.05) is 6.92 Å². The Morgan fingerprint density at radius 3 is 2.47 bits per heavy atom. The second-order valence-corrected chi connectivity index (χ2v) is 6.38. The molecule has 0 unspecified atom stereocenters. The van der Waals surface area contributed by atoms with Crippen LogP contribution in [-0.2, 0) is 10.0 Å². The molecule has 0 bridgehead atoms. The van der Waals surface area contributed by atoms with Crippen molar-refractivity contribution in [1.82, 2.24) is 4.72 Å². The number of halogens is 2. The zero-order chi connectivity index (χ0) is 13.2. The first-order valence-corrected chi connectivity index (χ1v) is 7.50. The average molecular weight is 296 g/mol. The largest absolute Gasteiger partial charge is 0.242 e. The third kappa shape index (κ3) is 3.35. The Hall–Kier alpha value is -0.290. The van der Waals surface area contributed by atoms with Crippen LogP contribution in [0.4, 0.5) is 0 Å². The zero-order valence-corrected chi connectivity index (χ0v) is 12.2. The minimum Gasteiger partial charge on any atom is -0.208 e. The Bertz CT molecular complexity index is 514. The van der Waals surface area contributed by atoms with Crippen LogP contribution in [0.3, 0.4) is 0 Å². The van der Waals surface area contributed by atoms with Crippen LogP contribution in [0.25, 0.3) is 0 Å². The molecule has 1 N–H and O–H groups in total. The molecule has 96 valence electrons. The van der Waals surface area contributed by atoms with Crippen molar-refractivity contribution in [2.24, 2.45) is 0 Å². The van der Waals surface area contributed by atoms with Crippen molar-refractivity contribution < 1.29 is 8.42 Å². The van der Waals surface area contributed by atoms with Crippen molar-refractivity contribution in [3.05, 3.63) is 27.7 Å². The monoisotopic (exact) mass is 295 g/mol. The lowest BCUT2D eigenvalue weighted by Crippen LogP contribution is -2.32. The summed E-state index contributed by atoms with van der Waals surface area (Å²) in [6.45, 7) is 5.39. The van der Waals surface area contributed by atoms with Gasteiger partial charge in [0.2, 0.25) is 10.0 Å². The van der Waals surface area contributed by atoms with Gasteiger partial charge < -0.3 is 0 Å². The van der Waals surface area contributed by atoms with E-state index in [0.717, 1.165) is 0 Å². The molecule has 0 radical (unpaired) electrons. The van der Waals surface area contributed by atoms with Crippen LogP contribution in [0.2, 0.25) is 10.0 Å². The molecule has 0 aliphatic carbocycles. The molecule has 3 nitrogen and oxygen atoms in total. The first kappa shape index (κ1) is 14.8. The predicted molar refractivity (Wildman–Crippen MR) is 71.3 cm³/mol. The van der Waals surface area contributed by atoms with Gasteiger partial charge in [-0.2, -0.15) is 0 Å². The lowest BCUT2D eigenvalue weighted by Gasteiger charge is -2.14. The Balaban J connectivity index is 3.21. The first-order valence-electron chi connectivity index (χ1n) is 5.26. The van der Waals surface area contributed by atoms with E-state index in [4.69, 9.17) is 23.2 Å². The maximum atomic E-state index is 12.0. The third-order valence-electron chi connectivity index (χ3n) is 2.54. The van der Waals surface area contributed by atoms with E-state index in [0.29, 0.717) is 17.0 Å². The van der Waals surface area contributed by atoms with Crippen molar-refractivity contribution in [3.8, 4) is 0 Å². The Morgan fingerprint density at radius 1 is 1.35 bits per heavy atom. The molecule has 1 rings (SSSR count). The molecule has 0 heterocycles. The van der Waals surface area contributed by atoms with Crippen LogP contribution in [-0.4, -0.2) is 14.5 Å². The highest BCUT2D eigenvalue weighted by molar-refractivity contribution is 7.89. The highest BCUT2D eigenvalue weighted by Gasteiger charge is 2.21. The van der Waals surface area contributed by atoms with Crippen molar-refractivity contribution in [3.63, 3.8) is 0 Å². The molecule has 17 heavy (non-hydrogen) atoms. The van der Waals surface area contributed by atoms with E-state index < -0.39 is 10.0 Å². The number of hydrogen-bond donors (Lipinski definition) is 1. The van der Waals surface area contributed by atoms with Crippen molar-refractivity contribution >= 4 is 33.2 Å². The summed E-state index contributed by atoms with van der Waals surface area (Å²) >= 11 is 11.9. The van der Waals surface area contributed by atoms with Gasteiger partial charge in [-0.3, -0.25) is 0 Å². The zero-order valence-electron chi connectivity index (χ0n) is 9.92. The predicted octanol–water partition coefficient (Wildman–Crippen LogP) is 3.38. The second-order valence-electron chi connectivity index (χ2n) is 3.92. The van der Waals surface area contributed by atoms with Gasteiger partial charge in [0, 0.05) is 11.1 Å². The normalized spacial score (nSPS) is 13.7. The minimum absolute atomic E-state index is 0.0707. The van der Waals surface area contributed by atoms with Gasteiger partial charge in [-0.25, -0.2) is 13.1 Å². The molecule has 1 atom stereocenters. The Morgan fingerprint density at radius 2 is 1.94 bits per heavy atom. The number of sulfonamides is 1. The van der Waals surface area contributed by atoms with Crippen LogP contribution in [0, 0.1) is 6.92 Å². The van der Waals surface area contributed by atoms with Crippen LogP contribution in [0.1, 0.15) is 25.8 Å². The average Bonchev–Trinajstić information content (AvgIpc) is 2.24. The molecule has 0 amide bonds. The second kappa shape index (κ2) is 5.57. The van der Waals surface area contributed by atoms with Crippen LogP contribution >= 0.6 is 23.2 Å². The molecular weight excluding hydrogens is 281 g/mol. The molecule has 0 fully saturated rings. The van der Waals surface area contributed by atoms with E-state index >= 15 is 0 Å². The van der Waals surface area contributed by atoms with Gasteiger partial charge in [0.25, 0.3) is 0 Å². The van der Waals surface area contributed by atoms with Gasteiger partial charge in [-0.15, -0.1) is 0 Å². The molecule has 1 aromatic rings. The summed E-state index contributed by atoms with van der Waals surface area (Å²) in [7, 11) is -3.58. The summed E-state index contributed by atoms with van der Waals surface area (Å²) < 4.78 is 26.6. The van der Waals surface area contributed by atoms with Crippen molar-refractivity contribution in [2.75, 3.05) is 0 Å². The lowest BCUT2D eigenvalue weighted by atomic mass is 10.2. The van der Waals surface area contributed by atoms with E-state index in [2.05, 4.69) is 4.72 Å². The third-order valence-corrected chi connectivity index (χ3v) is 5.18. The van der Waals surface area contributed by atoms with Gasteiger partial charge in [0.1, 0.15) is 4.90 Å². The number of nitrogens with one attached hydrogen (secondary N) is 1. The van der Waals surface area contributed by atoms with Gasteiger partial charge >= 0.3 is 0 Å². The van der Waals surface area contributed by atoms with Gasteiger partial charge in [0.15, 0.2) is 0 Å². The fourth-order valence-electron chi connectivity index (χ4n) is 1.26. The van der Waals surface area contributed by atoms with Crippen LogP contribution < -0.4 is 4.72 Å². The molecule has 0 saturated carbocycles. The molecule has 0 spiro atoms. The maximum absolute atomic E-state index is 12.0. The van der Waals surface area contributed by atoms with E-state index in [9.17, 15) is 8.42 Å². The quantitative estimate of drug-likeness (QED) is 0.926. The van der Waals surface area contributed by atoms with Crippen molar-refractivity contribution in [1.29, 1.82) is 0 Å². The topological polar surface area (TPSA) is 46.2 Å². The van der Waals surface area contributed by atoms with Gasteiger partial charge in [-0.1, -0.05) is 30.1 Å². The highest BCUT2D eigenvalue weighted by Crippen LogP contribution is 2.30. The summed E-state index contributed by atoms with van der Waals surface area (Å²) in [4.78, 5) is 0.0707. The van der Waals surface area contributed by atoms with E-state index in [1.165, 1.54) is 12.1 Å². The summed E-state index contributed by atoms with van der Waals surface area (Å²) in [5.41, 5.74) is 0.570. The molecular formula is C11H15Cl2NO2S. The SMILES string of the molecule is CC[C@H](C)NS(=O)(=O)c1ccc(Cl)c(C)c1Cl. The summed E-state index contributed by atoms with van der Waals surface area (Å²) in [5, 5.41) is 0.630. The van der Waals surface area contributed by atoms with Crippen molar-refractivity contribution in [2.45, 2.75) is 38.1 Å². The van der Waals surface area contributed by atoms with Crippen LogP contribution in [0.5, 0.6) is 0 Å². The summed E-state index contributed by atoms with van der Waals surface area (Å²) in [5.74, 6) is 0. The highest BCUT2D eigenvalue weighted by atomic mass is 35.5. The minimum atomic E-state index is -3.58. The molecule has 0 aliphatic heterocycles. The fourth-order valence-corrected chi connectivity index (χ4v) is 3.39. The summed E-state index contributed by atoms with van der Waals surface area (Å²) in [6.07, 6.45) is 0.712. The van der Waals surface area contributed by atoms with Gasteiger partial charge in [0.05, 0.1) is 5.02 Å². The number of rotatable bonds is 4. The van der Waals surface area contributed by atoms with E-state index in [1.54, 1.807) is 13.8 Å². The van der Waals surface area contributed by atoms with Crippen LogP contribution in [0.15, 0.2) is 17.0 Å². The number of benzene rings is 1. The molecule has 0 aliphatic rings. The molecule has 0 aromatic heterocycles. The Labute approximate surface area is 112 Å². The fraction of sp³-hybridized carbons (Fsp3) is 0.455. The smallest absolute Gasteiger partial charge is 0.208 e. The number of hydrogen-bond acceptors (Lipinski definition) is 2. The molecule has 0 saturated heterocycles. The van der Waals surface area contributed by atoms with E-state index in [-0.39, 0.29) is 16.0 Å². The first-order chi connectivity index (χ1) is 7.79. The van der Waals surface area contributed by atoms with Gasteiger partial charge in [-0.05, 0) is 38.0 Å².